The molecule has 1 aliphatic rings. The second-order valence-electron chi connectivity index (χ2n) is 4.92. The molecule has 0 saturated heterocycles. The van der Waals surface area contributed by atoms with Gasteiger partial charge in [-0.2, -0.15) is 0 Å². The summed E-state index contributed by atoms with van der Waals surface area (Å²) in [5.74, 6) is 0.121. The number of aliphatic hydroxyl groups is 1. The highest BCUT2D eigenvalue weighted by Crippen LogP contribution is 2.37. The molecular formula is C12H23NO2. The lowest BCUT2D eigenvalue weighted by molar-refractivity contribution is -0.130. The summed E-state index contributed by atoms with van der Waals surface area (Å²) in [6.07, 6.45) is 5.61. The molecule has 1 fully saturated rings. The molecule has 0 radical (unpaired) electrons. The number of hydrogen-bond donors (Lipinski definition) is 2. The molecule has 0 spiro atoms. The lowest BCUT2D eigenvalue weighted by atomic mass is 9.88. The van der Waals surface area contributed by atoms with E-state index in [9.17, 15) is 9.90 Å². The summed E-state index contributed by atoms with van der Waals surface area (Å²) in [6, 6.07) is 0. The highest BCUT2D eigenvalue weighted by molar-refractivity contribution is 5.82. The van der Waals surface area contributed by atoms with E-state index in [0.29, 0.717) is 6.54 Å². The third kappa shape index (κ3) is 3.49. The van der Waals surface area contributed by atoms with Crippen LogP contribution in [0.1, 0.15) is 52.4 Å². The largest absolute Gasteiger partial charge is 0.391 e. The molecule has 0 bridgehead atoms. The molecule has 15 heavy (non-hydrogen) atoms. The number of hydrogen-bond acceptors (Lipinski definition) is 2. The third-order valence-electron chi connectivity index (χ3n) is 3.38. The van der Waals surface area contributed by atoms with Crippen LogP contribution in [0.2, 0.25) is 0 Å². The van der Waals surface area contributed by atoms with E-state index < -0.39 is 0 Å². The van der Waals surface area contributed by atoms with Crippen LogP contribution in [0.15, 0.2) is 0 Å². The number of amides is 1. The zero-order valence-corrected chi connectivity index (χ0v) is 9.88. The van der Waals surface area contributed by atoms with Crippen LogP contribution >= 0.6 is 0 Å². The van der Waals surface area contributed by atoms with Crippen molar-refractivity contribution in [2.75, 3.05) is 6.54 Å². The second-order valence-corrected chi connectivity index (χ2v) is 4.92. The molecule has 0 aromatic heterocycles. The normalized spacial score (nSPS) is 21.3. The van der Waals surface area contributed by atoms with Gasteiger partial charge in [-0.1, -0.05) is 33.1 Å². The Morgan fingerprint density at radius 3 is 2.60 bits per heavy atom. The summed E-state index contributed by atoms with van der Waals surface area (Å²) in [5.41, 5.74) is -0.175. The Balaban J connectivity index is 2.29. The van der Waals surface area contributed by atoms with Gasteiger partial charge < -0.3 is 10.4 Å². The first-order valence-corrected chi connectivity index (χ1v) is 6.05. The highest BCUT2D eigenvalue weighted by Gasteiger charge is 2.35. The van der Waals surface area contributed by atoms with Gasteiger partial charge in [0.15, 0.2) is 0 Å². The summed E-state index contributed by atoms with van der Waals surface area (Å²) >= 11 is 0. The molecule has 2 N–H and O–H groups in total. The van der Waals surface area contributed by atoms with E-state index in [1.807, 2.05) is 13.8 Å². The van der Waals surface area contributed by atoms with Crippen LogP contribution in [0.3, 0.4) is 0 Å². The minimum absolute atomic E-state index is 0.121. The van der Waals surface area contributed by atoms with Crippen LogP contribution in [0.25, 0.3) is 0 Å². The van der Waals surface area contributed by atoms with Crippen molar-refractivity contribution in [2.24, 2.45) is 5.41 Å². The summed E-state index contributed by atoms with van der Waals surface area (Å²) in [6.45, 7) is 4.47. The molecule has 1 unspecified atom stereocenters. The van der Waals surface area contributed by atoms with Gasteiger partial charge in [0, 0.05) is 12.0 Å². The maximum Gasteiger partial charge on any atom is 0.226 e. The average molecular weight is 213 g/mol. The monoisotopic (exact) mass is 213 g/mol. The lowest BCUT2D eigenvalue weighted by Gasteiger charge is -2.23. The van der Waals surface area contributed by atoms with E-state index in [4.69, 9.17) is 0 Å². The van der Waals surface area contributed by atoms with Crippen molar-refractivity contribution in [2.45, 2.75) is 58.5 Å². The van der Waals surface area contributed by atoms with Gasteiger partial charge in [-0.15, -0.1) is 0 Å². The Kier molecular flexibility index (Phi) is 4.58. The standard InChI is InChI=1S/C12H23NO2/c1-3-6-10(14)9-13-11(15)12(2)7-4-5-8-12/h10,14H,3-9H2,1-2H3,(H,13,15). The molecule has 0 heterocycles. The van der Waals surface area contributed by atoms with Gasteiger partial charge in [0.05, 0.1) is 6.10 Å². The fourth-order valence-electron chi connectivity index (χ4n) is 2.24. The molecule has 1 amide bonds. The maximum absolute atomic E-state index is 11.9. The topological polar surface area (TPSA) is 49.3 Å². The minimum Gasteiger partial charge on any atom is -0.391 e. The molecule has 1 saturated carbocycles. The second kappa shape index (κ2) is 5.50. The van der Waals surface area contributed by atoms with Crippen molar-refractivity contribution < 1.29 is 9.90 Å². The molecule has 1 aliphatic carbocycles. The SMILES string of the molecule is CCCC(O)CNC(=O)C1(C)CCCC1. The quantitative estimate of drug-likeness (QED) is 0.732. The van der Waals surface area contributed by atoms with Gasteiger partial charge in [0.25, 0.3) is 0 Å². The van der Waals surface area contributed by atoms with E-state index in [0.717, 1.165) is 38.5 Å². The predicted octanol–water partition coefficient (Wildman–Crippen LogP) is 1.84. The molecule has 0 aromatic rings. The van der Waals surface area contributed by atoms with Crippen LogP contribution in [0, 0.1) is 5.41 Å². The maximum atomic E-state index is 11.9. The molecule has 1 rings (SSSR count). The van der Waals surface area contributed by atoms with Gasteiger partial charge in [-0.25, -0.2) is 0 Å². The van der Waals surface area contributed by atoms with E-state index in [1.165, 1.54) is 0 Å². The first-order valence-electron chi connectivity index (χ1n) is 6.05. The first-order chi connectivity index (χ1) is 7.08. The molecule has 88 valence electrons. The van der Waals surface area contributed by atoms with Gasteiger partial charge in [0.1, 0.15) is 0 Å². The van der Waals surface area contributed by atoms with Gasteiger partial charge in [-0.3, -0.25) is 4.79 Å². The first kappa shape index (κ1) is 12.5. The predicted molar refractivity (Wildman–Crippen MR) is 60.5 cm³/mol. The van der Waals surface area contributed by atoms with E-state index in [2.05, 4.69) is 5.32 Å². The summed E-state index contributed by atoms with van der Waals surface area (Å²) < 4.78 is 0. The lowest BCUT2D eigenvalue weighted by Crippen LogP contribution is -2.40. The zero-order valence-electron chi connectivity index (χ0n) is 9.88. The van der Waals surface area contributed by atoms with Gasteiger partial charge in [0.2, 0.25) is 5.91 Å². The molecule has 3 nitrogen and oxygen atoms in total. The fourth-order valence-corrected chi connectivity index (χ4v) is 2.24. The van der Waals surface area contributed by atoms with E-state index >= 15 is 0 Å². The van der Waals surface area contributed by atoms with Crippen molar-refractivity contribution >= 4 is 5.91 Å². The van der Waals surface area contributed by atoms with Crippen LogP contribution in [0.4, 0.5) is 0 Å². The van der Waals surface area contributed by atoms with Crippen molar-refractivity contribution in [3.63, 3.8) is 0 Å². The Morgan fingerprint density at radius 2 is 2.07 bits per heavy atom. The van der Waals surface area contributed by atoms with Crippen LogP contribution in [-0.4, -0.2) is 23.7 Å². The zero-order chi connectivity index (χ0) is 11.3. The van der Waals surface area contributed by atoms with Crippen molar-refractivity contribution in [1.82, 2.24) is 5.32 Å². The Labute approximate surface area is 92.3 Å². The number of aliphatic hydroxyl groups excluding tert-OH is 1. The van der Waals surface area contributed by atoms with Gasteiger partial charge >= 0.3 is 0 Å². The Bertz CT molecular complexity index is 210. The summed E-state index contributed by atoms with van der Waals surface area (Å²) in [4.78, 5) is 11.9. The molecule has 0 aliphatic heterocycles. The Morgan fingerprint density at radius 1 is 1.47 bits per heavy atom. The molecule has 1 atom stereocenters. The smallest absolute Gasteiger partial charge is 0.226 e. The summed E-state index contributed by atoms with van der Waals surface area (Å²) in [7, 11) is 0. The van der Waals surface area contributed by atoms with E-state index in [1.54, 1.807) is 0 Å². The fraction of sp³-hybridized carbons (Fsp3) is 0.917. The van der Waals surface area contributed by atoms with E-state index in [-0.39, 0.29) is 17.4 Å². The number of nitrogens with one attached hydrogen (secondary N) is 1. The van der Waals surface area contributed by atoms with Crippen molar-refractivity contribution in [1.29, 1.82) is 0 Å². The molecule has 0 aromatic carbocycles. The number of carbonyl (C=O) groups is 1. The third-order valence-corrected chi connectivity index (χ3v) is 3.38. The van der Waals surface area contributed by atoms with Crippen molar-refractivity contribution in [3.05, 3.63) is 0 Å². The summed E-state index contributed by atoms with van der Waals surface area (Å²) in [5, 5.41) is 12.4. The number of rotatable bonds is 5. The highest BCUT2D eigenvalue weighted by atomic mass is 16.3. The van der Waals surface area contributed by atoms with Crippen LogP contribution in [-0.2, 0) is 4.79 Å². The van der Waals surface area contributed by atoms with Crippen LogP contribution < -0.4 is 5.32 Å². The minimum atomic E-state index is -0.385. The van der Waals surface area contributed by atoms with Crippen LogP contribution in [0.5, 0.6) is 0 Å². The van der Waals surface area contributed by atoms with Crippen molar-refractivity contribution in [3.8, 4) is 0 Å². The number of carbonyl (C=O) groups excluding carboxylic acids is 1. The average Bonchev–Trinajstić information content (AvgIpc) is 2.63. The Hall–Kier alpha value is -0.570. The van der Waals surface area contributed by atoms with Gasteiger partial charge in [-0.05, 0) is 19.3 Å². The molecular weight excluding hydrogens is 190 g/mol. The molecule has 3 heteroatoms.